The Balaban J connectivity index is 1.06. The molecule has 31 heteroatoms. The van der Waals surface area contributed by atoms with E-state index in [1.54, 1.807) is 25.1 Å². The number of imidazole rings is 1. The number of carbonyl (C=O) groups is 11. The van der Waals surface area contributed by atoms with Crippen LogP contribution < -0.4 is 54.0 Å². The summed E-state index contributed by atoms with van der Waals surface area (Å²) in [4.78, 5) is 172. The van der Waals surface area contributed by atoms with Crippen LogP contribution in [-0.4, -0.2) is 174 Å². The van der Waals surface area contributed by atoms with Crippen molar-refractivity contribution < 1.29 is 66.6 Å². The molecule has 4 aromatic carbocycles. The minimum Gasteiger partial charge on any atom is -0.481 e. The maximum absolute atomic E-state index is 15.3. The van der Waals surface area contributed by atoms with E-state index in [2.05, 4.69) is 62.5 Å². The van der Waals surface area contributed by atoms with Gasteiger partial charge in [-0.05, 0) is 117 Å². The van der Waals surface area contributed by atoms with Crippen LogP contribution in [0.15, 0.2) is 110 Å². The van der Waals surface area contributed by atoms with Crippen molar-refractivity contribution in [1.82, 2.24) is 67.4 Å². The Labute approximate surface area is 588 Å². The molecule has 0 saturated carbocycles. The number of carboxylic acids is 1. The number of primary amides is 1. The molecule has 0 radical (unpaired) electrons. The topological polar surface area (TPSA) is 420 Å². The highest BCUT2D eigenvalue weighted by molar-refractivity contribution is 7.98. The lowest BCUT2D eigenvalue weighted by Gasteiger charge is -2.37. The summed E-state index contributed by atoms with van der Waals surface area (Å²) < 4.78 is 29.8. The number of benzene rings is 4. The highest BCUT2D eigenvalue weighted by Gasteiger charge is 2.49. The van der Waals surface area contributed by atoms with Gasteiger partial charge in [-0.3, -0.25) is 52.7 Å². The Morgan fingerprint density at radius 1 is 0.653 bits per heavy atom. The molecule has 7 aromatic rings. The number of thioether (sulfide) groups is 2. The largest absolute Gasteiger partial charge is 0.481 e. The number of carbonyl (C=O) groups excluding carboxylic acids is 10. The Morgan fingerprint density at radius 3 is 1.86 bits per heavy atom. The second-order valence-corrected chi connectivity index (χ2v) is 27.5. The minimum absolute atomic E-state index is 0.0163. The number of hydrogen-bond acceptors (Lipinski definition) is 15. The Bertz CT molecular complexity index is 4170. The molecule has 2 aliphatic rings. The number of fused-ring (bicyclic) bond motifs is 5. The smallest absolute Gasteiger partial charge is 0.305 e. The number of nitrogens with zero attached hydrogens (tertiary/aromatic N) is 2. The van der Waals surface area contributed by atoms with Crippen LogP contribution in [0.5, 0.6) is 0 Å². The van der Waals surface area contributed by atoms with Crippen LogP contribution in [0, 0.1) is 18.6 Å². The summed E-state index contributed by atoms with van der Waals surface area (Å²) in [7, 11) is 0. The summed E-state index contributed by atoms with van der Waals surface area (Å²) in [5.41, 5.74) is 15.1. The summed E-state index contributed by atoms with van der Waals surface area (Å²) in [6.45, 7) is 3.01. The number of amides is 10. The molecule has 3 aromatic heterocycles. The zero-order valence-electron chi connectivity index (χ0n) is 55.7. The minimum atomic E-state index is -2.02. The maximum Gasteiger partial charge on any atom is 0.305 e. The van der Waals surface area contributed by atoms with Crippen molar-refractivity contribution in [2.75, 3.05) is 31.1 Å². The van der Waals surface area contributed by atoms with Crippen molar-refractivity contribution in [3.8, 4) is 0 Å². The fourth-order valence-corrected chi connectivity index (χ4v) is 14.2. The predicted octanol–water partition coefficient (Wildman–Crippen LogP) is 2.78. The molecule has 1 fully saturated rings. The van der Waals surface area contributed by atoms with Crippen molar-refractivity contribution in [2.45, 2.75) is 144 Å². The SMILES string of the molecule is Cc1cccc(C[C@@H]2NC(=O)[C@H](Cc3cnc[nH]3)NC(=O)[C@H](CC(=O)O)NC(=O)[C@H](Cc3c[nH]c4ccc(F)cc34)NC(=O)[C@H](Cc3c[nH]c4ccc(F)cc34)NC(=O)CNC(=O)[C@H](CCCCN)NC(=O)CCSCc3cccc(c3)CSC[C@@H](C(N)=O)NC(=O)[C@]3(C)CCCN3C2=O)c1. The summed E-state index contributed by atoms with van der Waals surface area (Å²) in [5, 5.41) is 32.1. The first-order chi connectivity index (χ1) is 48.4. The normalized spacial score (nSPS) is 22.7. The summed E-state index contributed by atoms with van der Waals surface area (Å²) in [5.74, 6) is -10.2. The first kappa shape index (κ1) is 75.1. The van der Waals surface area contributed by atoms with E-state index in [0.717, 1.165) is 16.7 Å². The van der Waals surface area contributed by atoms with Gasteiger partial charge in [-0.1, -0.05) is 54.1 Å². The molecule has 536 valence electrons. The molecule has 0 unspecified atom stereocenters. The molecular weight excluding hydrogens is 1340 g/mol. The molecule has 9 rings (SSSR count). The molecule has 10 amide bonds. The highest BCUT2D eigenvalue weighted by atomic mass is 32.2. The zero-order chi connectivity index (χ0) is 72.3. The molecule has 2 aliphatic heterocycles. The molecule has 8 atom stereocenters. The predicted molar refractivity (Wildman–Crippen MR) is 375 cm³/mol. The van der Waals surface area contributed by atoms with Crippen LogP contribution in [0.4, 0.5) is 8.78 Å². The molecule has 5 heterocycles. The lowest BCUT2D eigenvalue weighted by molar-refractivity contribution is -0.147. The monoisotopic (exact) mass is 1430 g/mol. The molecule has 27 nitrogen and oxygen atoms in total. The number of aromatic nitrogens is 4. The number of H-pyrrole nitrogens is 3. The summed E-state index contributed by atoms with van der Waals surface area (Å²) in [6, 6.07) is 11.7. The first-order valence-corrected chi connectivity index (χ1v) is 35.4. The lowest BCUT2D eigenvalue weighted by Crippen LogP contribution is -2.63. The van der Waals surface area contributed by atoms with Crippen molar-refractivity contribution in [2.24, 2.45) is 11.5 Å². The first-order valence-electron chi connectivity index (χ1n) is 33.1. The van der Waals surface area contributed by atoms with Crippen LogP contribution in [0.25, 0.3) is 21.8 Å². The van der Waals surface area contributed by atoms with Gasteiger partial charge in [0.15, 0.2) is 0 Å². The average molecular weight is 1430 g/mol. The van der Waals surface area contributed by atoms with Gasteiger partial charge in [0, 0.05) is 108 Å². The number of halogens is 2. The van der Waals surface area contributed by atoms with Crippen molar-refractivity contribution in [3.63, 3.8) is 0 Å². The number of nitrogens with one attached hydrogen (secondary N) is 11. The molecule has 0 aliphatic carbocycles. The van der Waals surface area contributed by atoms with Gasteiger partial charge in [-0.15, -0.1) is 0 Å². The fraction of sp³-hybridized carbons (Fsp3) is 0.400. The number of unbranched alkanes of at least 4 members (excludes halogenated alkanes) is 1. The molecular formula is C70H83F2N15O12S2. The second kappa shape index (κ2) is 35.3. The van der Waals surface area contributed by atoms with E-state index < -0.39 is 144 Å². The van der Waals surface area contributed by atoms with Crippen molar-refractivity contribution in [1.29, 1.82) is 0 Å². The Kier molecular flexibility index (Phi) is 26.2. The van der Waals surface area contributed by atoms with Gasteiger partial charge in [-0.25, -0.2) is 13.8 Å². The summed E-state index contributed by atoms with van der Waals surface area (Å²) in [6.07, 6.45) is 4.78. The highest BCUT2D eigenvalue weighted by Crippen LogP contribution is 2.32. The number of aliphatic carboxylic acids is 1. The summed E-state index contributed by atoms with van der Waals surface area (Å²) >= 11 is 2.81. The number of rotatable bonds is 15. The van der Waals surface area contributed by atoms with E-state index in [1.165, 1.54) is 89.7 Å². The molecule has 2 bridgehead atoms. The third-order valence-electron chi connectivity index (χ3n) is 17.7. The Hall–Kier alpha value is -10.1. The number of hydrogen-bond donors (Lipinski definition) is 14. The van der Waals surface area contributed by atoms with Crippen LogP contribution >= 0.6 is 23.5 Å². The zero-order valence-corrected chi connectivity index (χ0v) is 57.4. The fourth-order valence-electron chi connectivity index (χ4n) is 12.3. The van der Waals surface area contributed by atoms with Crippen LogP contribution in [-0.2, 0) is 89.9 Å². The lowest BCUT2D eigenvalue weighted by atomic mass is 9.95. The molecule has 1 saturated heterocycles. The molecule has 16 N–H and O–H groups in total. The number of aryl methyl sites for hydroxylation is 1. The molecule has 0 spiro atoms. The maximum atomic E-state index is 15.3. The average Bonchev–Trinajstić information content (AvgIpc) is 1.69. The van der Waals surface area contributed by atoms with E-state index >= 15 is 19.2 Å². The number of carboxylic acid groups (broad SMARTS) is 1. The van der Waals surface area contributed by atoms with Gasteiger partial charge in [0.05, 0.1) is 19.3 Å². The van der Waals surface area contributed by atoms with Gasteiger partial charge in [0.2, 0.25) is 59.1 Å². The standard InChI is InChI=1S/C70H83F2N15O12S2/c1-39-8-5-9-40(22-39)24-57-68(98)87-20-7-18-70(87,2)69(99)86-58(62(74)92)37-101-36-42-11-6-10-41(23-42)35-100-21-17-59(88)80-52(12-3-4-19-73)63(93)78-34-60(89)81-53(25-43-31-76-50-15-13-45(71)27-48(43)50)64(94)82-54(26-44-32-77-51-16-14-46(72)28-49(44)51)65(95)84-56(30-61(90)91)67(97)83-55(66(96)85-57)29-47-33-75-38-79-47/h5-6,8-11,13-16,22-23,27-28,31-33,38,52-58,76-77H,3-4,7,12,17-21,24-26,29-30,34-37,73H2,1-2H3,(H2,74,92)(H,75,79)(H,78,93)(H,80,88)(H,81,89)(H,82,94)(H,83,97)(H,84,95)(H,85,96)(H,86,99)(H,90,91)/t52-,53-,54-,55-,56-,57-,58-,70-/m0/s1. The van der Waals surface area contributed by atoms with Gasteiger partial charge < -0.3 is 79.0 Å². The van der Waals surface area contributed by atoms with Crippen LogP contribution in [0.3, 0.4) is 0 Å². The Morgan fingerprint density at radius 2 is 1.25 bits per heavy atom. The number of aromatic amines is 3. The molecule has 101 heavy (non-hydrogen) atoms. The van der Waals surface area contributed by atoms with Crippen LogP contribution in [0.1, 0.15) is 90.9 Å². The van der Waals surface area contributed by atoms with E-state index in [1.807, 2.05) is 37.3 Å². The third kappa shape index (κ3) is 20.7. The van der Waals surface area contributed by atoms with E-state index in [9.17, 15) is 47.4 Å². The third-order valence-corrected chi connectivity index (χ3v) is 19.8. The van der Waals surface area contributed by atoms with Gasteiger partial charge in [0.25, 0.3) is 0 Å². The van der Waals surface area contributed by atoms with E-state index in [4.69, 9.17) is 11.5 Å². The van der Waals surface area contributed by atoms with Crippen molar-refractivity contribution >= 4 is 110 Å². The van der Waals surface area contributed by atoms with E-state index in [-0.39, 0.29) is 67.5 Å². The van der Waals surface area contributed by atoms with Gasteiger partial charge in [-0.2, -0.15) is 23.5 Å². The number of nitrogens with two attached hydrogens (primary N) is 2. The van der Waals surface area contributed by atoms with Gasteiger partial charge in [0.1, 0.15) is 59.5 Å². The van der Waals surface area contributed by atoms with Crippen LogP contribution in [0.2, 0.25) is 0 Å². The van der Waals surface area contributed by atoms with Crippen molar-refractivity contribution in [3.05, 3.63) is 161 Å². The quantitative estimate of drug-likeness (QED) is 0.0656. The van der Waals surface area contributed by atoms with Gasteiger partial charge >= 0.3 is 5.97 Å². The van der Waals surface area contributed by atoms with E-state index in [0.29, 0.717) is 70.6 Å². The second-order valence-electron chi connectivity index (χ2n) is 25.4.